The lowest BCUT2D eigenvalue weighted by Gasteiger charge is -2.08. The minimum Gasteiger partial charge on any atom is -0.364 e. The summed E-state index contributed by atoms with van der Waals surface area (Å²) in [6.07, 6.45) is 3.29. The minimum atomic E-state index is 0.543. The van der Waals surface area contributed by atoms with Crippen molar-refractivity contribution in [2.24, 2.45) is 0 Å². The lowest BCUT2D eigenvalue weighted by atomic mass is 10.2. The number of imidazole rings is 1. The number of hydrogen-bond donors (Lipinski definition) is 1. The molecule has 0 unspecified atom stereocenters. The zero-order valence-corrected chi connectivity index (χ0v) is 12.9. The molecule has 3 rings (SSSR count). The summed E-state index contributed by atoms with van der Waals surface area (Å²) in [6, 6.07) is 5.42. The van der Waals surface area contributed by atoms with Gasteiger partial charge in [0, 0.05) is 23.1 Å². The van der Waals surface area contributed by atoms with E-state index in [1.165, 1.54) is 6.33 Å². The molecule has 0 aliphatic heterocycles. The number of benzene rings is 1. The Morgan fingerprint density at radius 3 is 2.81 bits per heavy atom. The van der Waals surface area contributed by atoms with E-state index in [1.807, 2.05) is 23.6 Å². The molecule has 0 aliphatic carbocycles. The summed E-state index contributed by atoms with van der Waals surface area (Å²) in [5.74, 6) is 0.693. The lowest BCUT2D eigenvalue weighted by molar-refractivity contribution is 0.777. The van der Waals surface area contributed by atoms with Crippen LogP contribution in [0.2, 0.25) is 10.0 Å². The largest absolute Gasteiger partial charge is 0.364 e. The van der Waals surface area contributed by atoms with Gasteiger partial charge >= 0.3 is 0 Å². The fourth-order valence-corrected chi connectivity index (χ4v) is 2.56. The fourth-order valence-electron chi connectivity index (χ4n) is 2.09. The van der Waals surface area contributed by atoms with Crippen molar-refractivity contribution in [3.63, 3.8) is 0 Å². The van der Waals surface area contributed by atoms with Crippen LogP contribution >= 0.6 is 23.2 Å². The predicted octanol–water partition coefficient (Wildman–Crippen LogP) is 3.77. The van der Waals surface area contributed by atoms with Gasteiger partial charge in [-0.3, -0.25) is 0 Å². The Morgan fingerprint density at radius 2 is 2.05 bits per heavy atom. The van der Waals surface area contributed by atoms with Crippen molar-refractivity contribution < 1.29 is 0 Å². The van der Waals surface area contributed by atoms with Crippen LogP contribution < -0.4 is 5.32 Å². The van der Waals surface area contributed by atoms with Crippen molar-refractivity contribution in [1.82, 2.24) is 19.5 Å². The first-order valence-electron chi connectivity index (χ1n) is 6.52. The van der Waals surface area contributed by atoms with Crippen molar-refractivity contribution in [2.75, 3.05) is 5.32 Å². The molecule has 0 bridgehead atoms. The number of aromatic nitrogens is 4. The lowest BCUT2D eigenvalue weighted by Crippen LogP contribution is -2.03. The average molecular weight is 322 g/mol. The Bertz CT molecular complexity index is 784. The standard InChI is InChI=1S/C14H13Cl2N5/c1-2-21-8-20-12-13(18-7-19-14(12)21)17-6-9-3-4-10(15)5-11(9)16/h3-5,7-8H,2,6H2,1H3,(H,17,18,19). The molecule has 7 heteroatoms. The van der Waals surface area contributed by atoms with Crippen molar-refractivity contribution in [3.8, 4) is 0 Å². The molecule has 2 heterocycles. The van der Waals surface area contributed by atoms with Gasteiger partial charge in [0.2, 0.25) is 0 Å². The number of nitrogens with one attached hydrogen (secondary N) is 1. The Balaban J connectivity index is 1.87. The highest BCUT2D eigenvalue weighted by Gasteiger charge is 2.09. The van der Waals surface area contributed by atoms with Crippen molar-refractivity contribution >= 4 is 40.2 Å². The molecule has 1 aromatic carbocycles. The van der Waals surface area contributed by atoms with E-state index >= 15 is 0 Å². The van der Waals surface area contributed by atoms with Crippen molar-refractivity contribution in [1.29, 1.82) is 0 Å². The molecule has 21 heavy (non-hydrogen) atoms. The number of fused-ring (bicyclic) bond motifs is 1. The second kappa shape index (κ2) is 5.87. The zero-order chi connectivity index (χ0) is 14.8. The molecule has 3 aromatic rings. The SMILES string of the molecule is CCn1cnc2c(NCc3ccc(Cl)cc3Cl)ncnc21. The molecular weight excluding hydrogens is 309 g/mol. The van der Waals surface area contributed by atoms with E-state index in [0.29, 0.717) is 22.4 Å². The molecular formula is C14H13Cl2N5. The zero-order valence-electron chi connectivity index (χ0n) is 11.3. The van der Waals surface area contributed by atoms with Gasteiger partial charge in [-0.25, -0.2) is 15.0 Å². The summed E-state index contributed by atoms with van der Waals surface area (Å²) in [7, 11) is 0. The maximum absolute atomic E-state index is 6.16. The maximum atomic E-state index is 6.16. The molecule has 5 nitrogen and oxygen atoms in total. The first kappa shape index (κ1) is 14.1. The Hall–Kier alpha value is -1.85. The molecule has 0 spiro atoms. The van der Waals surface area contributed by atoms with E-state index < -0.39 is 0 Å². The first-order valence-corrected chi connectivity index (χ1v) is 7.28. The normalized spacial score (nSPS) is 11.0. The van der Waals surface area contributed by atoms with Crippen LogP contribution in [0.5, 0.6) is 0 Å². The number of nitrogens with zero attached hydrogens (tertiary/aromatic N) is 4. The van der Waals surface area contributed by atoms with E-state index in [2.05, 4.69) is 20.3 Å². The molecule has 0 saturated carbocycles. The second-order valence-corrected chi connectivity index (χ2v) is 5.36. The van der Waals surface area contributed by atoms with Gasteiger partial charge in [-0.15, -0.1) is 0 Å². The molecule has 0 saturated heterocycles. The molecule has 0 aliphatic rings. The third-order valence-corrected chi connectivity index (χ3v) is 3.79. The van der Waals surface area contributed by atoms with E-state index in [9.17, 15) is 0 Å². The highest BCUT2D eigenvalue weighted by atomic mass is 35.5. The smallest absolute Gasteiger partial charge is 0.165 e. The molecule has 2 aromatic heterocycles. The minimum absolute atomic E-state index is 0.543. The predicted molar refractivity (Wildman–Crippen MR) is 84.8 cm³/mol. The van der Waals surface area contributed by atoms with Crippen molar-refractivity contribution in [3.05, 3.63) is 46.5 Å². The van der Waals surface area contributed by atoms with Gasteiger partial charge in [-0.2, -0.15) is 0 Å². The van der Waals surface area contributed by atoms with Crippen LogP contribution in [0.25, 0.3) is 11.2 Å². The topological polar surface area (TPSA) is 55.6 Å². The molecule has 0 atom stereocenters. The number of hydrogen-bond acceptors (Lipinski definition) is 4. The molecule has 0 fully saturated rings. The molecule has 108 valence electrons. The van der Waals surface area contributed by atoms with Gasteiger partial charge in [-0.1, -0.05) is 29.3 Å². The van der Waals surface area contributed by atoms with E-state index in [1.54, 1.807) is 12.4 Å². The Kier molecular flexibility index (Phi) is 3.94. The van der Waals surface area contributed by atoms with Crippen LogP contribution in [-0.4, -0.2) is 19.5 Å². The van der Waals surface area contributed by atoms with Gasteiger partial charge in [0.05, 0.1) is 6.33 Å². The third kappa shape index (κ3) is 2.80. The van der Waals surface area contributed by atoms with Crippen LogP contribution in [0.1, 0.15) is 12.5 Å². The van der Waals surface area contributed by atoms with Crippen molar-refractivity contribution in [2.45, 2.75) is 20.0 Å². The maximum Gasteiger partial charge on any atom is 0.165 e. The highest BCUT2D eigenvalue weighted by molar-refractivity contribution is 6.35. The van der Waals surface area contributed by atoms with Crippen LogP contribution in [0.4, 0.5) is 5.82 Å². The van der Waals surface area contributed by atoms with Gasteiger partial charge in [-0.05, 0) is 24.6 Å². The van der Waals surface area contributed by atoms with Gasteiger partial charge < -0.3 is 9.88 Å². The van der Waals surface area contributed by atoms with Crippen LogP contribution in [-0.2, 0) is 13.1 Å². The van der Waals surface area contributed by atoms with E-state index in [0.717, 1.165) is 23.3 Å². The summed E-state index contributed by atoms with van der Waals surface area (Å²) in [5, 5.41) is 4.49. The summed E-state index contributed by atoms with van der Waals surface area (Å²) in [6.45, 7) is 3.40. The second-order valence-electron chi connectivity index (χ2n) is 4.51. The first-order chi connectivity index (χ1) is 10.2. The third-order valence-electron chi connectivity index (χ3n) is 3.20. The summed E-state index contributed by atoms with van der Waals surface area (Å²) in [5.41, 5.74) is 2.52. The Labute approximate surface area is 131 Å². The number of halogens is 2. The van der Waals surface area contributed by atoms with E-state index in [-0.39, 0.29) is 0 Å². The van der Waals surface area contributed by atoms with E-state index in [4.69, 9.17) is 23.2 Å². The summed E-state index contributed by atoms with van der Waals surface area (Å²) < 4.78 is 1.97. The molecule has 0 amide bonds. The van der Waals surface area contributed by atoms with Crippen LogP contribution in [0, 0.1) is 0 Å². The number of rotatable bonds is 4. The summed E-state index contributed by atoms with van der Waals surface area (Å²) in [4.78, 5) is 12.9. The highest BCUT2D eigenvalue weighted by Crippen LogP contribution is 2.23. The van der Waals surface area contributed by atoms with Gasteiger partial charge in [0.15, 0.2) is 11.5 Å². The van der Waals surface area contributed by atoms with Gasteiger partial charge in [0.1, 0.15) is 11.8 Å². The molecule has 1 N–H and O–H groups in total. The van der Waals surface area contributed by atoms with Crippen LogP contribution in [0.3, 0.4) is 0 Å². The van der Waals surface area contributed by atoms with Crippen LogP contribution in [0.15, 0.2) is 30.9 Å². The monoisotopic (exact) mass is 321 g/mol. The fraction of sp³-hybridized carbons (Fsp3) is 0.214. The summed E-state index contributed by atoms with van der Waals surface area (Å²) >= 11 is 12.1. The van der Waals surface area contributed by atoms with Gasteiger partial charge in [0.25, 0.3) is 0 Å². The quantitative estimate of drug-likeness (QED) is 0.794. The Morgan fingerprint density at radius 1 is 1.19 bits per heavy atom. The number of aryl methyl sites for hydroxylation is 1. The number of anilines is 1. The average Bonchev–Trinajstić information content (AvgIpc) is 2.90. The molecule has 0 radical (unpaired) electrons.